The summed E-state index contributed by atoms with van der Waals surface area (Å²) in [5, 5.41) is 3.92. The SMILES string of the molecule is Cc1ccc(Cl)c(OC(C)C(=O)N2C[C@H]3CNC[C@H]3C2)c1. The molecular weight excluding hydrogens is 288 g/mol. The first kappa shape index (κ1) is 14.7. The molecule has 1 aromatic rings. The van der Waals surface area contributed by atoms with E-state index in [2.05, 4.69) is 5.32 Å². The Morgan fingerprint density at radius 2 is 2.05 bits per heavy atom. The van der Waals surface area contributed by atoms with Gasteiger partial charge in [-0.2, -0.15) is 0 Å². The van der Waals surface area contributed by atoms with Crippen molar-refractivity contribution in [2.75, 3.05) is 26.2 Å². The van der Waals surface area contributed by atoms with Crippen LogP contribution in [0, 0.1) is 18.8 Å². The van der Waals surface area contributed by atoms with Crippen molar-refractivity contribution in [1.29, 1.82) is 0 Å². The Morgan fingerprint density at radius 3 is 2.71 bits per heavy atom. The predicted octanol–water partition coefficient (Wildman–Crippen LogP) is 2.09. The molecule has 1 unspecified atom stereocenters. The average molecular weight is 309 g/mol. The minimum Gasteiger partial charge on any atom is -0.479 e. The maximum atomic E-state index is 12.5. The zero-order valence-corrected chi connectivity index (χ0v) is 13.2. The van der Waals surface area contributed by atoms with Gasteiger partial charge in [-0.3, -0.25) is 4.79 Å². The minimum absolute atomic E-state index is 0.0574. The molecule has 0 saturated carbocycles. The van der Waals surface area contributed by atoms with E-state index in [1.54, 1.807) is 13.0 Å². The van der Waals surface area contributed by atoms with Crippen LogP contribution in [0.15, 0.2) is 18.2 Å². The highest BCUT2D eigenvalue weighted by Crippen LogP contribution is 2.29. The van der Waals surface area contributed by atoms with Gasteiger partial charge in [0.2, 0.25) is 0 Å². The van der Waals surface area contributed by atoms with E-state index in [1.807, 2.05) is 24.0 Å². The Kier molecular flexibility index (Phi) is 4.09. The molecule has 0 aliphatic carbocycles. The molecular formula is C16H21ClN2O2. The Balaban J connectivity index is 1.64. The van der Waals surface area contributed by atoms with E-state index < -0.39 is 6.10 Å². The van der Waals surface area contributed by atoms with E-state index in [9.17, 15) is 4.79 Å². The number of carbonyl (C=O) groups excluding carboxylic acids is 1. The Bertz CT molecular complexity index is 537. The van der Waals surface area contributed by atoms with E-state index >= 15 is 0 Å². The second-order valence-electron chi connectivity index (χ2n) is 6.12. The number of likely N-dealkylation sites (tertiary alicyclic amines) is 1. The number of carbonyl (C=O) groups is 1. The number of hydrogen-bond donors (Lipinski definition) is 1. The number of rotatable bonds is 3. The Morgan fingerprint density at radius 1 is 1.38 bits per heavy atom. The first-order valence-electron chi connectivity index (χ1n) is 7.47. The van der Waals surface area contributed by atoms with Gasteiger partial charge in [-0.15, -0.1) is 0 Å². The Labute approximate surface area is 130 Å². The van der Waals surface area contributed by atoms with Crippen LogP contribution in [0.3, 0.4) is 0 Å². The van der Waals surface area contributed by atoms with Crippen LogP contribution in [0.1, 0.15) is 12.5 Å². The summed E-state index contributed by atoms with van der Waals surface area (Å²) in [7, 11) is 0. The minimum atomic E-state index is -0.504. The fourth-order valence-corrected chi connectivity index (χ4v) is 3.40. The lowest BCUT2D eigenvalue weighted by Crippen LogP contribution is -2.40. The number of nitrogens with one attached hydrogen (secondary N) is 1. The molecule has 0 spiro atoms. The summed E-state index contributed by atoms with van der Waals surface area (Å²) in [4.78, 5) is 14.4. The number of aryl methyl sites for hydroxylation is 1. The number of ether oxygens (including phenoxy) is 1. The van der Waals surface area contributed by atoms with Crippen LogP contribution < -0.4 is 10.1 Å². The van der Waals surface area contributed by atoms with E-state index in [0.717, 1.165) is 31.7 Å². The van der Waals surface area contributed by atoms with Crippen LogP contribution in [0.5, 0.6) is 5.75 Å². The molecule has 4 nitrogen and oxygen atoms in total. The van der Waals surface area contributed by atoms with Gasteiger partial charge in [-0.25, -0.2) is 0 Å². The maximum Gasteiger partial charge on any atom is 0.263 e. The van der Waals surface area contributed by atoms with Crippen LogP contribution in [0.4, 0.5) is 0 Å². The predicted molar refractivity (Wildman–Crippen MR) is 82.7 cm³/mol. The highest BCUT2D eigenvalue weighted by atomic mass is 35.5. The monoisotopic (exact) mass is 308 g/mol. The van der Waals surface area contributed by atoms with Crippen molar-refractivity contribution in [3.05, 3.63) is 28.8 Å². The van der Waals surface area contributed by atoms with Crippen molar-refractivity contribution in [3.8, 4) is 5.75 Å². The molecule has 5 heteroatoms. The van der Waals surface area contributed by atoms with Crippen LogP contribution in [-0.2, 0) is 4.79 Å². The molecule has 0 aromatic heterocycles. The van der Waals surface area contributed by atoms with Gasteiger partial charge in [0, 0.05) is 26.2 Å². The normalized spacial score (nSPS) is 25.8. The molecule has 2 aliphatic rings. The molecule has 2 saturated heterocycles. The molecule has 3 rings (SSSR count). The van der Waals surface area contributed by atoms with Gasteiger partial charge < -0.3 is 15.0 Å². The molecule has 1 N–H and O–H groups in total. The lowest BCUT2D eigenvalue weighted by atomic mass is 10.0. The number of fused-ring (bicyclic) bond motifs is 1. The molecule has 2 heterocycles. The summed E-state index contributed by atoms with van der Waals surface area (Å²) < 4.78 is 5.78. The highest BCUT2D eigenvalue weighted by molar-refractivity contribution is 6.32. The second-order valence-corrected chi connectivity index (χ2v) is 6.52. The maximum absolute atomic E-state index is 12.5. The first-order chi connectivity index (χ1) is 10.0. The van der Waals surface area contributed by atoms with Crippen LogP contribution in [-0.4, -0.2) is 43.1 Å². The zero-order chi connectivity index (χ0) is 15.0. The highest BCUT2D eigenvalue weighted by Gasteiger charge is 2.39. The van der Waals surface area contributed by atoms with Crippen LogP contribution in [0.25, 0.3) is 0 Å². The fraction of sp³-hybridized carbons (Fsp3) is 0.562. The number of benzene rings is 1. The van der Waals surface area contributed by atoms with Crippen molar-refractivity contribution in [2.24, 2.45) is 11.8 Å². The van der Waals surface area contributed by atoms with Crippen molar-refractivity contribution in [2.45, 2.75) is 20.0 Å². The number of amides is 1. The lowest BCUT2D eigenvalue weighted by Gasteiger charge is -2.23. The third-order valence-corrected chi connectivity index (χ3v) is 4.75. The molecule has 21 heavy (non-hydrogen) atoms. The molecule has 0 bridgehead atoms. The topological polar surface area (TPSA) is 41.6 Å². The molecule has 3 atom stereocenters. The largest absolute Gasteiger partial charge is 0.479 e. The number of nitrogens with zero attached hydrogens (tertiary/aromatic N) is 1. The summed E-state index contributed by atoms with van der Waals surface area (Å²) in [6, 6.07) is 5.60. The van der Waals surface area contributed by atoms with Gasteiger partial charge in [-0.05, 0) is 43.4 Å². The summed E-state index contributed by atoms with van der Waals surface area (Å²) in [6.07, 6.45) is -0.504. The number of hydrogen-bond acceptors (Lipinski definition) is 3. The van der Waals surface area contributed by atoms with E-state index in [0.29, 0.717) is 22.6 Å². The molecule has 1 aromatic carbocycles. The average Bonchev–Trinajstić information content (AvgIpc) is 3.03. The summed E-state index contributed by atoms with van der Waals surface area (Å²) in [6.45, 7) is 7.50. The number of halogens is 1. The fourth-order valence-electron chi connectivity index (χ4n) is 3.23. The van der Waals surface area contributed by atoms with Gasteiger partial charge in [0.25, 0.3) is 5.91 Å². The zero-order valence-electron chi connectivity index (χ0n) is 12.4. The van der Waals surface area contributed by atoms with Gasteiger partial charge in [-0.1, -0.05) is 17.7 Å². The van der Waals surface area contributed by atoms with Crippen molar-refractivity contribution < 1.29 is 9.53 Å². The second kappa shape index (κ2) is 5.85. The summed E-state index contributed by atoms with van der Waals surface area (Å²) in [5.41, 5.74) is 1.07. The quantitative estimate of drug-likeness (QED) is 0.930. The van der Waals surface area contributed by atoms with Gasteiger partial charge >= 0.3 is 0 Å². The van der Waals surface area contributed by atoms with E-state index in [-0.39, 0.29) is 5.91 Å². The van der Waals surface area contributed by atoms with E-state index in [1.165, 1.54) is 0 Å². The van der Waals surface area contributed by atoms with Gasteiger partial charge in [0.15, 0.2) is 6.10 Å². The molecule has 1 amide bonds. The van der Waals surface area contributed by atoms with Gasteiger partial charge in [0.05, 0.1) is 5.02 Å². The third-order valence-electron chi connectivity index (χ3n) is 4.44. The summed E-state index contributed by atoms with van der Waals surface area (Å²) in [5.74, 6) is 1.84. The first-order valence-corrected chi connectivity index (χ1v) is 7.84. The van der Waals surface area contributed by atoms with Crippen molar-refractivity contribution >= 4 is 17.5 Å². The molecule has 2 aliphatic heterocycles. The lowest BCUT2D eigenvalue weighted by molar-refractivity contribution is -0.137. The van der Waals surface area contributed by atoms with Crippen LogP contribution >= 0.6 is 11.6 Å². The van der Waals surface area contributed by atoms with E-state index in [4.69, 9.17) is 16.3 Å². The summed E-state index contributed by atoms with van der Waals surface area (Å²) >= 11 is 6.12. The van der Waals surface area contributed by atoms with Crippen molar-refractivity contribution in [1.82, 2.24) is 10.2 Å². The molecule has 114 valence electrons. The van der Waals surface area contributed by atoms with Crippen molar-refractivity contribution in [3.63, 3.8) is 0 Å². The van der Waals surface area contributed by atoms with Gasteiger partial charge in [0.1, 0.15) is 5.75 Å². The van der Waals surface area contributed by atoms with Crippen LogP contribution in [0.2, 0.25) is 5.02 Å². The Hall–Kier alpha value is -1.26. The third kappa shape index (κ3) is 3.01. The molecule has 2 fully saturated rings. The smallest absolute Gasteiger partial charge is 0.263 e. The molecule has 0 radical (unpaired) electrons. The standard InChI is InChI=1S/C16H21ClN2O2/c1-10-3-4-14(17)15(5-10)21-11(2)16(20)19-8-12-6-18-7-13(12)9-19/h3-5,11-13,18H,6-9H2,1-2H3/t11?,12-,13+.